The minimum absolute atomic E-state index is 0.567. The summed E-state index contributed by atoms with van der Waals surface area (Å²) in [4.78, 5) is 15.8. The van der Waals surface area contributed by atoms with E-state index in [-0.39, 0.29) is 0 Å². The van der Waals surface area contributed by atoms with Crippen molar-refractivity contribution in [3.63, 3.8) is 0 Å². The molecule has 11 rings (SSSR count). The van der Waals surface area contributed by atoms with E-state index in [0.29, 0.717) is 17.7 Å². The number of hydrogen-bond donors (Lipinski definition) is 0. The predicted octanol–water partition coefficient (Wildman–Crippen LogP) is 12.7. The number of hydrogen-bond acceptors (Lipinski definition) is 3. The second-order valence-electron chi connectivity index (χ2n) is 14.1. The first-order chi connectivity index (χ1) is 27.8. The van der Waals surface area contributed by atoms with Crippen molar-refractivity contribution in [3.8, 4) is 56.7 Å². The normalized spacial score (nSPS) is 11.6. The van der Waals surface area contributed by atoms with E-state index in [1.54, 1.807) is 0 Å². The van der Waals surface area contributed by atoms with Crippen molar-refractivity contribution in [3.05, 3.63) is 200 Å². The Morgan fingerprint density at radius 3 is 1.00 bits per heavy atom. The monoisotopic (exact) mass is 715 g/mol. The Morgan fingerprint density at radius 2 is 0.571 bits per heavy atom. The van der Waals surface area contributed by atoms with Crippen LogP contribution in [-0.2, 0) is 0 Å². The largest absolute Gasteiger partial charge is 0.278 e. The summed E-state index contributed by atoms with van der Waals surface area (Å²) >= 11 is 0. The van der Waals surface area contributed by atoms with Crippen LogP contribution in [0.4, 0.5) is 0 Å². The van der Waals surface area contributed by atoms with Crippen LogP contribution in [0, 0.1) is 0 Å². The number of nitrogens with zero attached hydrogens (tertiary/aromatic N) is 5. The first kappa shape index (κ1) is 31.9. The van der Waals surface area contributed by atoms with Crippen LogP contribution < -0.4 is 0 Å². The summed E-state index contributed by atoms with van der Waals surface area (Å²) in [6.07, 6.45) is 0. The van der Waals surface area contributed by atoms with E-state index >= 15 is 0 Å². The molecule has 0 saturated carbocycles. The number of para-hydroxylation sites is 4. The molecule has 0 fully saturated rings. The third-order valence-corrected chi connectivity index (χ3v) is 10.9. The van der Waals surface area contributed by atoms with Gasteiger partial charge in [0.2, 0.25) is 11.9 Å². The van der Waals surface area contributed by atoms with Crippen LogP contribution >= 0.6 is 0 Å². The standard InChI is InChI=1S/C51H33N5/c1-2-14-34(15-3-1)35-26-28-36(29-27-35)39-16-4-5-17-40(39)37-30-32-38(33-31-37)49-52-50(55-45-22-10-6-18-41(45)42-19-7-11-23-46(42)55)54-51(53-49)56-47-24-12-8-20-43(47)44-21-9-13-25-48(44)56/h1-33H. The molecular weight excluding hydrogens is 683 g/mol. The first-order valence-electron chi connectivity index (χ1n) is 18.9. The number of rotatable bonds is 6. The Balaban J connectivity index is 1.07. The molecule has 262 valence electrons. The first-order valence-corrected chi connectivity index (χ1v) is 18.9. The van der Waals surface area contributed by atoms with Gasteiger partial charge in [-0.25, -0.2) is 0 Å². The Morgan fingerprint density at radius 1 is 0.250 bits per heavy atom. The topological polar surface area (TPSA) is 48.5 Å². The second kappa shape index (κ2) is 13.0. The van der Waals surface area contributed by atoms with Crippen LogP contribution in [0.3, 0.4) is 0 Å². The third-order valence-electron chi connectivity index (χ3n) is 10.9. The van der Waals surface area contributed by atoms with Crippen LogP contribution in [0.2, 0.25) is 0 Å². The summed E-state index contributed by atoms with van der Waals surface area (Å²) in [5.74, 6) is 1.74. The molecule has 0 aliphatic heterocycles. The maximum Gasteiger partial charge on any atom is 0.240 e. The van der Waals surface area contributed by atoms with Gasteiger partial charge in [0.1, 0.15) is 0 Å². The maximum atomic E-state index is 5.28. The highest BCUT2D eigenvalue weighted by Gasteiger charge is 2.20. The van der Waals surface area contributed by atoms with E-state index in [2.05, 4.69) is 209 Å². The molecule has 0 aliphatic rings. The molecule has 0 aliphatic carbocycles. The summed E-state index contributed by atoms with van der Waals surface area (Å²) in [6.45, 7) is 0. The zero-order chi connectivity index (χ0) is 37.0. The summed E-state index contributed by atoms with van der Waals surface area (Å²) in [6, 6.07) is 70.4. The number of fused-ring (bicyclic) bond motifs is 6. The fourth-order valence-electron chi connectivity index (χ4n) is 8.22. The molecule has 0 bridgehead atoms. The Hall–Kier alpha value is -7.63. The molecule has 0 unspecified atom stereocenters. The van der Waals surface area contributed by atoms with Gasteiger partial charge < -0.3 is 0 Å². The maximum absolute atomic E-state index is 5.28. The van der Waals surface area contributed by atoms with E-state index in [1.807, 2.05) is 0 Å². The molecule has 0 atom stereocenters. The zero-order valence-electron chi connectivity index (χ0n) is 30.3. The molecule has 0 saturated heterocycles. The smallest absolute Gasteiger partial charge is 0.240 e. The molecule has 3 aromatic heterocycles. The summed E-state index contributed by atoms with van der Waals surface area (Å²) < 4.78 is 4.34. The SMILES string of the molecule is c1ccc(-c2ccc(-c3ccccc3-c3ccc(-c4nc(-n5c6ccccc6c6ccccc65)nc(-n5c6ccccc6c6ccccc65)n4)cc3)cc2)cc1. The van der Waals surface area contributed by atoms with Crippen LogP contribution in [0.15, 0.2) is 200 Å². The molecule has 11 aromatic rings. The average molecular weight is 716 g/mol. The van der Waals surface area contributed by atoms with Gasteiger partial charge in [-0.15, -0.1) is 0 Å². The fourth-order valence-corrected chi connectivity index (χ4v) is 8.22. The van der Waals surface area contributed by atoms with Crippen molar-refractivity contribution in [2.75, 3.05) is 0 Å². The highest BCUT2D eigenvalue weighted by atomic mass is 15.3. The van der Waals surface area contributed by atoms with Gasteiger partial charge in [0.05, 0.1) is 22.1 Å². The Labute approximate surface area is 323 Å². The third kappa shape index (κ3) is 5.21. The number of aromatic nitrogens is 5. The number of benzene rings is 8. The molecule has 0 spiro atoms. The fraction of sp³-hybridized carbons (Fsp3) is 0. The minimum atomic E-state index is 0.567. The van der Waals surface area contributed by atoms with Gasteiger partial charge in [0.15, 0.2) is 5.82 Å². The van der Waals surface area contributed by atoms with Crippen LogP contribution in [0.1, 0.15) is 0 Å². The molecule has 0 amide bonds. The highest BCUT2D eigenvalue weighted by molar-refractivity contribution is 6.10. The zero-order valence-corrected chi connectivity index (χ0v) is 30.3. The van der Waals surface area contributed by atoms with Crippen molar-refractivity contribution < 1.29 is 0 Å². The summed E-state index contributed by atoms with van der Waals surface area (Å²) in [7, 11) is 0. The lowest BCUT2D eigenvalue weighted by atomic mass is 9.93. The Bertz CT molecular complexity index is 2990. The molecule has 5 nitrogen and oxygen atoms in total. The minimum Gasteiger partial charge on any atom is -0.278 e. The van der Waals surface area contributed by atoms with Crippen LogP contribution in [-0.4, -0.2) is 24.1 Å². The van der Waals surface area contributed by atoms with E-state index in [0.717, 1.165) is 54.7 Å². The molecule has 3 heterocycles. The van der Waals surface area contributed by atoms with Gasteiger partial charge in [-0.05, 0) is 57.6 Å². The Kier molecular flexibility index (Phi) is 7.42. The predicted molar refractivity (Wildman–Crippen MR) is 230 cm³/mol. The molecule has 56 heavy (non-hydrogen) atoms. The van der Waals surface area contributed by atoms with E-state index < -0.39 is 0 Å². The second-order valence-corrected chi connectivity index (χ2v) is 14.1. The van der Waals surface area contributed by atoms with Crippen LogP contribution in [0.25, 0.3) is 100 Å². The molecule has 0 N–H and O–H groups in total. The van der Waals surface area contributed by atoms with Crippen molar-refractivity contribution >= 4 is 43.6 Å². The van der Waals surface area contributed by atoms with Crippen LogP contribution in [0.5, 0.6) is 0 Å². The van der Waals surface area contributed by atoms with Gasteiger partial charge in [-0.2, -0.15) is 15.0 Å². The van der Waals surface area contributed by atoms with Gasteiger partial charge in [-0.1, -0.05) is 176 Å². The van der Waals surface area contributed by atoms with Crippen molar-refractivity contribution in [2.24, 2.45) is 0 Å². The van der Waals surface area contributed by atoms with E-state index in [4.69, 9.17) is 15.0 Å². The lowest BCUT2D eigenvalue weighted by Crippen LogP contribution is -2.10. The van der Waals surface area contributed by atoms with Gasteiger partial charge in [0.25, 0.3) is 0 Å². The summed E-state index contributed by atoms with van der Waals surface area (Å²) in [5.41, 5.74) is 12.1. The van der Waals surface area contributed by atoms with E-state index in [1.165, 1.54) is 27.8 Å². The molecule has 0 radical (unpaired) electrons. The average Bonchev–Trinajstić information content (AvgIpc) is 3.80. The molecular formula is C51H33N5. The van der Waals surface area contributed by atoms with Gasteiger partial charge in [0, 0.05) is 27.1 Å². The van der Waals surface area contributed by atoms with Gasteiger partial charge >= 0.3 is 0 Å². The van der Waals surface area contributed by atoms with Gasteiger partial charge in [-0.3, -0.25) is 9.13 Å². The van der Waals surface area contributed by atoms with Crippen molar-refractivity contribution in [2.45, 2.75) is 0 Å². The quantitative estimate of drug-likeness (QED) is 0.172. The highest BCUT2D eigenvalue weighted by Crippen LogP contribution is 2.36. The lowest BCUT2D eigenvalue weighted by Gasteiger charge is -2.13. The molecule has 8 aromatic carbocycles. The molecule has 5 heteroatoms. The lowest BCUT2D eigenvalue weighted by molar-refractivity contribution is 0.893. The van der Waals surface area contributed by atoms with Crippen molar-refractivity contribution in [1.82, 2.24) is 24.1 Å². The summed E-state index contributed by atoms with van der Waals surface area (Å²) in [5, 5.41) is 4.62. The van der Waals surface area contributed by atoms with Crippen molar-refractivity contribution in [1.29, 1.82) is 0 Å². The van der Waals surface area contributed by atoms with E-state index in [9.17, 15) is 0 Å².